The summed E-state index contributed by atoms with van der Waals surface area (Å²) in [7, 11) is 0. The predicted molar refractivity (Wildman–Crippen MR) is 82.2 cm³/mol. The zero-order valence-electron chi connectivity index (χ0n) is 12.1. The van der Waals surface area contributed by atoms with Gasteiger partial charge in [0.25, 0.3) is 0 Å². The quantitative estimate of drug-likeness (QED) is 0.501. The third-order valence-corrected chi connectivity index (χ3v) is 3.93. The summed E-state index contributed by atoms with van der Waals surface area (Å²) in [4.78, 5) is 33.8. The van der Waals surface area contributed by atoms with Gasteiger partial charge in [-0.05, 0) is 6.92 Å². The van der Waals surface area contributed by atoms with Crippen molar-refractivity contribution in [2.75, 3.05) is 11.9 Å². The summed E-state index contributed by atoms with van der Waals surface area (Å²) in [5.41, 5.74) is -0.580. The second-order valence-electron chi connectivity index (χ2n) is 4.66. The molecule has 1 heterocycles. The first-order valence-corrected chi connectivity index (χ1v) is 7.32. The number of fused-ring (bicyclic) bond motifs is 1. The van der Waals surface area contributed by atoms with Crippen LogP contribution < -0.4 is 10.1 Å². The lowest BCUT2D eigenvalue weighted by molar-refractivity contribution is -0.384. The minimum Gasteiger partial charge on any atom is -0.476 e. The highest BCUT2D eigenvalue weighted by Crippen LogP contribution is 2.51. The Morgan fingerprint density at radius 2 is 2.09 bits per heavy atom. The van der Waals surface area contributed by atoms with E-state index in [-0.39, 0.29) is 40.1 Å². The van der Waals surface area contributed by atoms with E-state index in [9.17, 15) is 19.7 Å². The number of hydrogen-bond acceptors (Lipinski definition) is 6. The van der Waals surface area contributed by atoms with Crippen LogP contribution in [0.5, 0.6) is 5.75 Å². The van der Waals surface area contributed by atoms with Crippen molar-refractivity contribution >= 4 is 46.5 Å². The molecule has 0 saturated carbocycles. The number of amides is 1. The molecule has 1 aliphatic heterocycles. The van der Waals surface area contributed by atoms with Crippen molar-refractivity contribution in [1.82, 2.24) is 0 Å². The standard InChI is InChI=1S/C13H12Cl2N2O6/c1-3-22-13(19)7-4-6-11(17(20)21)10(16-5(2)18)8(14)9(15)12(6)23-7/h7H,3-4H2,1-2H3,(H,16,18). The maximum Gasteiger partial charge on any atom is 0.347 e. The Kier molecular flexibility index (Phi) is 4.96. The molecule has 0 spiro atoms. The normalized spacial score (nSPS) is 15.6. The SMILES string of the molecule is CCOC(=O)C1Cc2c(c(Cl)c(Cl)c(NC(C)=O)c2[N+](=O)[O-])O1. The largest absolute Gasteiger partial charge is 0.476 e. The molecule has 8 nitrogen and oxygen atoms in total. The van der Waals surface area contributed by atoms with Crippen molar-refractivity contribution in [1.29, 1.82) is 0 Å². The number of nitrogens with one attached hydrogen (secondary N) is 1. The molecular formula is C13H12Cl2N2O6. The first-order valence-electron chi connectivity index (χ1n) is 6.57. The summed E-state index contributed by atoms with van der Waals surface area (Å²) in [6.07, 6.45) is -1.15. The fourth-order valence-electron chi connectivity index (χ4n) is 2.24. The maximum absolute atomic E-state index is 11.8. The summed E-state index contributed by atoms with van der Waals surface area (Å²) >= 11 is 12.1. The smallest absolute Gasteiger partial charge is 0.347 e. The topological polar surface area (TPSA) is 108 Å². The number of hydrogen-bond donors (Lipinski definition) is 1. The van der Waals surface area contributed by atoms with Crippen LogP contribution in [0.2, 0.25) is 10.0 Å². The van der Waals surface area contributed by atoms with Crippen molar-refractivity contribution in [2.45, 2.75) is 26.4 Å². The van der Waals surface area contributed by atoms with Crippen molar-refractivity contribution in [3.8, 4) is 5.75 Å². The van der Waals surface area contributed by atoms with E-state index >= 15 is 0 Å². The number of nitro benzene ring substituents is 1. The first kappa shape index (κ1) is 17.3. The lowest BCUT2D eigenvalue weighted by Crippen LogP contribution is -2.27. The lowest BCUT2D eigenvalue weighted by atomic mass is 10.1. The molecule has 1 aromatic carbocycles. The molecule has 10 heteroatoms. The Hall–Kier alpha value is -2.06. The Labute approximate surface area is 140 Å². The highest BCUT2D eigenvalue weighted by molar-refractivity contribution is 6.45. The van der Waals surface area contributed by atoms with Crippen LogP contribution in [0.1, 0.15) is 19.4 Å². The Morgan fingerprint density at radius 3 is 2.61 bits per heavy atom. The van der Waals surface area contributed by atoms with Crippen LogP contribution in [-0.2, 0) is 20.7 Å². The number of benzene rings is 1. The van der Waals surface area contributed by atoms with E-state index in [1.54, 1.807) is 6.92 Å². The van der Waals surface area contributed by atoms with Crippen LogP contribution in [0.3, 0.4) is 0 Å². The van der Waals surface area contributed by atoms with Crippen molar-refractivity contribution in [3.05, 3.63) is 25.7 Å². The van der Waals surface area contributed by atoms with E-state index in [1.165, 1.54) is 6.92 Å². The zero-order chi connectivity index (χ0) is 17.3. The molecule has 1 aromatic rings. The molecule has 0 bridgehead atoms. The van der Waals surface area contributed by atoms with Crippen LogP contribution in [0, 0.1) is 10.1 Å². The predicted octanol–water partition coefficient (Wildman–Crippen LogP) is 2.73. The third-order valence-electron chi connectivity index (χ3n) is 3.09. The molecule has 0 saturated heterocycles. The fourth-order valence-corrected chi connectivity index (χ4v) is 2.72. The van der Waals surface area contributed by atoms with Crippen LogP contribution in [-0.4, -0.2) is 29.5 Å². The number of carbonyl (C=O) groups excluding carboxylic acids is 2. The second-order valence-corrected chi connectivity index (χ2v) is 5.42. The van der Waals surface area contributed by atoms with Gasteiger partial charge in [-0.25, -0.2) is 4.79 Å². The molecule has 1 atom stereocenters. The van der Waals surface area contributed by atoms with E-state index in [1.807, 2.05) is 0 Å². The van der Waals surface area contributed by atoms with Crippen LogP contribution in [0.25, 0.3) is 0 Å². The Bertz CT molecular complexity index is 706. The molecule has 23 heavy (non-hydrogen) atoms. The molecule has 0 aliphatic carbocycles. The van der Waals surface area contributed by atoms with Gasteiger partial charge in [0.05, 0.1) is 22.1 Å². The second kappa shape index (κ2) is 6.59. The van der Waals surface area contributed by atoms with Crippen LogP contribution in [0.4, 0.5) is 11.4 Å². The zero-order valence-corrected chi connectivity index (χ0v) is 13.7. The number of ether oxygens (including phenoxy) is 2. The van der Waals surface area contributed by atoms with Gasteiger partial charge in [0.2, 0.25) is 5.91 Å². The van der Waals surface area contributed by atoms with Gasteiger partial charge in [0.1, 0.15) is 10.7 Å². The summed E-state index contributed by atoms with van der Waals surface area (Å²) in [6, 6.07) is 0. The Morgan fingerprint density at radius 1 is 1.43 bits per heavy atom. The van der Waals surface area contributed by atoms with Crippen molar-refractivity contribution in [2.24, 2.45) is 0 Å². The molecule has 0 fully saturated rings. The van der Waals surface area contributed by atoms with Gasteiger partial charge in [-0.1, -0.05) is 23.2 Å². The van der Waals surface area contributed by atoms with Gasteiger partial charge in [0.15, 0.2) is 11.9 Å². The van der Waals surface area contributed by atoms with Gasteiger partial charge < -0.3 is 14.8 Å². The number of halogens is 2. The van der Waals surface area contributed by atoms with Gasteiger partial charge in [-0.3, -0.25) is 14.9 Å². The Balaban J connectivity index is 2.57. The number of esters is 1. The van der Waals surface area contributed by atoms with E-state index in [0.29, 0.717) is 0 Å². The average Bonchev–Trinajstić information content (AvgIpc) is 2.89. The molecule has 0 aromatic heterocycles. The summed E-state index contributed by atoms with van der Waals surface area (Å²) in [6.45, 7) is 2.95. The molecule has 1 unspecified atom stereocenters. The van der Waals surface area contributed by atoms with Gasteiger partial charge in [-0.2, -0.15) is 0 Å². The van der Waals surface area contributed by atoms with E-state index < -0.39 is 28.6 Å². The van der Waals surface area contributed by atoms with Gasteiger partial charge >= 0.3 is 11.7 Å². The molecule has 124 valence electrons. The lowest BCUT2D eigenvalue weighted by Gasteiger charge is -2.12. The summed E-state index contributed by atoms with van der Waals surface area (Å²) in [5.74, 6) is -1.26. The van der Waals surface area contributed by atoms with Crippen LogP contribution in [0.15, 0.2) is 0 Å². The molecule has 1 N–H and O–H groups in total. The van der Waals surface area contributed by atoms with E-state index in [2.05, 4.69) is 5.32 Å². The maximum atomic E-state index is 11.8. The number of nitrogens with zero attached hydrogens (tertiary/aromatic N) is 1. The van der Waals surface area contributed by atoms with E-state index in [0.717, 1.165) is 0 Å². The third kappa shape index (κ3) is 3.18. The molecular weight excluding hydrogens is 351 g/mol. The summed E-state index contributed by atoms with van der Waals surface area (Å²) < 4.78 is 10.2. The molecule has 2 rings (SSSR count). The minimum absolute atomic E-state index is 0.0458. The van der Waals surface area contributed by atoms with Gasteiger partial charge in [-0.15, -0.1) is 0 Å². The highest BCUT2D eigenvalue weighted by atomic mass is 35.5. The number of nitro groups is 1. The molecule has 0 radical (unpaired) electrons. The molecule has 1 amide bonds. The van der Waals surface area contributed by atoms with Crippen molar-refractivity contribution < 1.29 is 24.0 Å². The molecule has 1 aliphatic rings. The summed E-state index contributed by atoms with van der Waals surface area (Å²) in [5, 5.41) is 13.4. The van der Waals surface area contributed by atoms with E-state index in [4.69, 9.17) is 32.7 Å². The van der Waals surface area contributed by atoms with Crippen LogP contribution >= 0.6 is 23.2 Å². The first-order chi connectivity index (χ1) is 10.8. The van der Waals surface area contributed by atoms with Gasteiger partial charge in [0, 0.05) is 13.3 Å². The number of rotatable bonds is 4. The monoisotopic (exact) mass is 362 g/mol. The average molecular weight is 363 g/mol. The number of carbonyl (C=O) groups is 2. The minimum atomic E-state index is -1.05. The fraction of sp³-hybridized carbons (Fsp3) is 0.385. The highest BCUT2D eigenvalue weighted by Gasteiger charge is 2.40. The number of anilines is 1. The van der Waals surface area contributed by atoms with Crippen molar-refractivity contribution in [3.63, 3.8) is 0 Å².